The summed E-state index contributed by atoms with van der Waals surface area (Å²) in [5.41, 5.74) is 1.47. The third-order valence-electron chi connectivity index (χ3n) is 3.04. The van der Waals surface area contributed by atoms with Crippen molar-refractivity contribution in [3.8, 4) is 0 Å². The molecule has 0 radical (unpaired) electrons. The Morgan fingerprint density at radius 2 is 2.19 bits per heavy atom. The zero-order valence-corrected chi connectivity index (χ0v) is 13.9. The molecule has 1 heterocycles. The van der Waals surface area contributed by atoms with E-state index < -0.39 is 4.92 Å². The molecule has 110 valence electrons. The summed E-state index contributed by atoms with van der Waals surface area (Å²) >= 11 is 4.90. The smallest absolute Gasteiger partial charge is 0.285 e. The number of hydrogen-bond donors (Lipinski definition) is 0. The molecular weight excluding hydrogens is 356 g/mol. The Labute approximate surface area is 134 Å². The summed E-state index contributed by atoms with van der Waals surface area (Å²) in [4.78, 5) is 24.6. The molecule has 5 nitrogen and oxygen atoms in total. The molecule has 0 saturated heterocycles. The van der Waals surface area contributed by atoms with Crippen LogP contribution in [0.4, 0.5) is 5.69 Å². The summed E-state index contributed by atoms with van der Waals surface area (Å²) < 4.78 is 0.986. The molecule has 0 aliphatic rings. The molecule has 7 heteroatoms. The molecule has 0 bridgehead atoms. The Hall–Kier alpha value is -1.73. The monoisotopic (exact) mass is 368 g/mol. The van der Waals surface area contributed by atoms with Gasteiger partial charge in [0.05, 0.1) is 8.71 Å². The lowest BCUT2D eigenvalue weighted by molar-refractivity contribution is -0.385. The van der Waals surface area contributed by atoms with Gasteiger partial charge < -0.3 is 4.90 Å². The molecule has 0 spiro atoms. The van der Waals surface area contributed by atoms with Crippen molar-refractivity contribution < 1.29 is 9.72 Å². The van der Waals surface area contributed by atoms with Crippen LogP contribution < -0.4 is 0 Å². The maximum absolute atomic E-state index is 12.4. The third-order valence-corrected chi connectivity index (χ3v) is 4.59. The van der Waals surface area contributed by atoms with E-state index in [0.29, 0.717) is 12.1 Å². The number of amides is 1. The fourth-order valence-corrected chi connectivity index (χ4v) is 3.25. The Morgan fingerprint density at radius 3 is 2.76 bits per heavy atom. The van der Waals surface area contributed by atoms with Crippen molar-refractivity contribution in [2.45, 2.75) is 13.5 Å². The van der Waals surface area contributed by atoms with Gasteiger partial charge in [0.25, 0.3) is 11.6 Å². The summed E-state index contributed by atoms with van der Waals surface area (Å²) in [6.07, 6.45) is 0. The van der Waals surface area contributed by atoms with Crippen LogP contribution in [0.5, 0.6) is 0 Å². The lowest BCUT2D eigenvalue weighted by Gasteiger charge is -2.16. The van der Waals surface area contributed by atoms with Crippen LogP contribution >= 0.6 is 27.3 Å². The molecule has 0 aliphatic heterocycles. The number of rotatable bonds is 4. The van der Waals surface area contributed by atoms with Crippen LogP contribution in [-0.2, 0) is 6.54 Å². The molecule has 1 amide bonds. The van der Waals surface area contributed by atoms with Crippen LogP contribution in [-0.4, -0.2) is 22.8 Å². The largest absolute Gasteiger partial charge is 0.337 e. The van der Waals surface area contributed by atoms with E-state index in [9.17, 15) is 14.9 Å². The summed E-state index contributed by atoms with van der Waals surface area (Å²) in [5.74, 6) is -0.354. The number of nitrogens with zero attached hydrogens (tertiary/aromatic N) is 2. The molecular formula is C14H13BrN2O3S. The first-order valence-electron chi connectivity index (χ1n) is 6.12. The van der Waals surface area contributed by atoms with E-state index in [4.69, 9.17) is 0 Å². The predicted molar refractivity (Wildman–Crippen MR) is 85.6 cm³/mol. The van der Waals surface area contributed by atoms with Gasteiger partial charge in [0.2, 0.25) is 0 Å². The standard InChI is InChI=1S/C14H13BrN2O3S/c1-9-4-3-5-11(13(9)17(19)20)14(18)16(2)7-10-6-12(15)21-8-10/h3-6,8H,7H2,1-2H3. The Kier molecular flexibility index (Phi) is 4.74. The summed E-state index contributed by atoms with van der Waals surface area (Å²) in [7, 11) is 1.64. The second-order valence-corrected chi connectivity index (χ2v) is 6.94. The highest BCUT2D eigenvalue weighted by Crippen LogP contribution is 2.26. The van der Waals surface area contributed by atoms with Gasteiger partial charge in [-0.1, -0.05) is 12.1 Å². The van der Waals surface area contributed by atoms with Gasteiger partial charge >= 0.3 is 0 Å². The van der Waals surface area contributed by atoms with Crippen LogP contribution in [0, 0.1) is 17.0 Å². The van der Waals surface area contributed by atoms with Crippen LogP contribution in [0.1, 0.15) is 21.5 Å². The van der Waals surface area contributed by atoms with E-state index in [0.717, 1.165) is 9.35 Å². The number of halogens is 1. The van der Waals surface area contributed by atoms with Gasteiger partial charge in [0.1, 0.15) is 5.56 Å². The van der Waals surface area contributed by atoms with Crippen molar-refractivity contribution in [3.63, 3.8) is 0 Å². The molecule has 2 rings (SSSR count). The van der Waals surface area contributed by atoms with Crippen LogP contribution in [0.15, 0.2) is 33.4 Å². The third kappa shape index (κ3) is 3.48. The topological polar surface area (TPSA) is 63.5 Å². The molecule has 0 aliphatic carbocycles. The normalized spacial score (nSPS) is 10.4. The number of nitro groups is 1. The Bertz CT molecular complexity index is 699. The van der Waals surface area contributed by atoms with Crippen LogP contribution in [0.2, 0.25) is 0 Å². The Balaban J connectivity index is 2.27. The molecule has 0 saturated carbocycles. The van der Waals surface area contributed by atoms with E-state index in [1.807, 2.05) is 11.4 Å². The van der Waals surface area contributed by atoms with Gasteiger partial charge in [-0.05, 0) is 45.9 Å². The van der Waals surface area contributed by atoms with Gasteiger partial charge in [-0.15, -0.1) is 11.3 Å². The maximum Gasteiger partial charge on any atom is 0.285 e. The van der Waals surface area contributed by atoms with Crippen molar-refractivity contribution >= 4 is 38.9 Å². The summed E-state index contributed by atoms with van der Waals surface area (Å²) in [6.45, 7) is 2.04. The molecule has 2 aromatic rings. The molecule has 21 heavy (non-hydrogen) atoms. The summed E-state index contributed by atoms with van der Waals surface area (Å²) in [6, 6.07) is 6.71. The highest BCUT2D eigenvalue weighted by molar-refractivity contribution is 9.11. The van der Waals surface area contributed by atoms with Gasteiger partial charge in [-0.25, -0.2) is 0 Å². The molecule has 1 aromatic carbocycles. The van der Waals surface area contributed by atoms with E-state index in [-0.39, 0.29) is 17.2 Å². The van der Waals surface area contributed by atoms with Gasteiger partial charge in [0.15, 0.2) is 0 Å². The minimum absolute atomic E-state index is 0.122. The first kappa shape index (κ1) is 15.7. The number of aryl methyl sites for hydroxylation is 1. The molecule has 0 fully saturated rings. The number of thiophene rings is 1. The average Bonchev–Trinajstić information content (AvgIpc) is 2.82. The van der Waals surface area contributed by atoms with Crippen molar-refractivity contribution in [2.75, 3.05) is 7.05 Å². The van der Waals surface area contributed by atoms with Crippen LogP contribution in [0.25, 0.3) is 0 Å². The molecule has 0 N–H and O–H groups in total. The lowest BCUT2D eigenvalue weighted by Crippen LogP contribution is -2.26. The molecule has 0 unspecified atom stereocenters. The van der Waals surface area contributed by atoms with Crippen molar-refractivity contribution in [2.24, 2.45) is 0 Å². The van der Waals surface area contributed by atoms with Crippen molar-refractivity contribution in [1.82, 2.24) is 4.90 Å². The zero-order chi connectivity index (χ0) is 15.6. The lowest BCUT2D eigenvalue weighted by atomic mass is 10.1. The summed E-state index contributed by atoms with van der Waals surface area (Å²) in [5, 5.41) is 13.1. The van der Waals surface area contributed by atoms with E-state index in [1.54, 1.807) is 26.1 Å². The minimum Gasteiger partial charge on any atom is -0.337 e. The zero-order valence-electron chi connectivity index (χ0n) is 11.5. The highest BCUT2D eigenvalue weighted by atomic mass is 79.9. The highest BCUT2D eigenvalue weighted by Gasteiger charge is 2.24. The second kappa shape index (κ2) is 6.36. The number of benzene rings is 1. The van der Waals surface area contributed by atoms with Crippen molar-refractivity contribution in [3.05, 3.63) is 60.2 Å². The van der Waals surface area contributed by atoms with Crippen molar-refractivity contribution in [1.29, 1.82) is 0 Å². The number of para-hydroxylation sites is 1. The van der Waals surface area contributed by atoms with Gasteiger partial charge in [-0.3, -0.25) is 14.9 Å². The Morgan fingerprint density at radius 1 is 1.48 bits per heavy atom. The molecule has 0 atom stereocenters. The first-order chi connectivity index (χ1) is 9.90. The number of hydrogen-bond acceptors (Lipinski definition) is 4. The van der Waals surface area contributed by atoms with Gasteiger partial charge in [-0.2, -0.15) is 0 Å². The minimum atomic E-state index is -0.502. The molecule has 1 aromatic heterocycles. The van der Waals surface area contributed by atoms with Crippen LogP contribution in [0.3, 0.4) is 0 Å². The van der Waals surface area contributed by atoms with E-state index in [2.05, 4.69) is 15.9 Å². The average molecular weight is 369 g/mol. The quantitative estimate of drug-likeness (QED) is 0.605. The fourth-order valence-electron chi connectivity index (χ4n) is 2.05. The SMILES string of the molecule is Cc1cccc(C(=O)N(C)Cc2csc(Br)c2)c1[N+](=O)[O-]. The number of carbonyl (C=O) groups is 1. The van der Waals surface area contributed by atoms with Gasteiger partial charge in [0, 0.05) is 19.2 Å². The maximum atomic E-state index is 12.4. The first-order valence-corrected chi connectivity index (χ1v) is 7.79. The number of carbonyl (C=O) groups excluding carboxylic acids is 1. The second-order valence-electron chi connectivity index (χ2n) is 4.65. The van der Waals surface area contributed by atoms with E-state index in [1.165, 1.54) is 22.3 Å². The predicted octanol–water partition coefficient (Wildman–Crippen LogP) is 4.00. The fraction of sp³-hybridized carbons (Fsp3) is 0.214. The van der Waals surface area contributed by atoms with E-state index >= 15 is 0 Å². The number of nitro benzene ring substituents is 1.